The zero-order valence-corrected chi connectivity index (χ0v) is 30.7. The molecule has 0 radical (unpaired) electrons. The van der Waals surface area contributed by atoms with E-state index in [0.717, 1.165) is 22.3 Å². The Hall–Kier alpha value is -6.25. The molecule has 1 aliphatic carbocycles. The van der Waals surface area contributed by atoms with Crippen LogP contribution in [-0.2, 0) is 49.4 Å². The number of amides is 5. The standard InChI is InChI=1S/C39H45N5O10/c1-22(40-36(48)24(3)42-39(51)54-21-31-29-12-8-6-10-27(29)28-11-7-9-13-30(28)31)35(47)41-23(2)37(49)44-32(38(50)53-5)20-25-14-16-26(17-15-25)43-33(45)18-19-34(46)52-4/h6-17,22-24,31-32H,18-21H2,1-5H3,(H,40,48)(H,41,47)(H,42,51)(H,43,45)(H,44,49)/t22?,23?,24?,32-/m0/s1. The Kier molecular flexibility index (Phi) is 14.3. The monoisotopic (exact) mass is 743 g/mol. The summed E-state index contributed by atoms with van der Waals surface area (Å²) in [5.41, 5.74) is 5.36. The van der Waals surface area contributed by atoms with Crippen LogP contribution >= 0.6 is 0 Å². The van der Waals surface area contributed by atoms with Gasteiger partial charge in [-0.15, -0.1) is 0 Å². The van der Waals surface area contributed by atoms with Crippen LogP contribution in [0.4, 0.5) is 10.5 Å². The summed E-state index contributed by atoms with van der Waals surface area (Å²) in [5.74, 6) is -3.77. The molecule has 3 unspecified atom stereocenters. The number of ether oxygens (including phenoxy) is 3. The van der Waals surface area contributed by atoms with Crippen molar-refractivity contribution in [2.24, 2.45) is 0 Å². The number of carbonyl (C=O) groups is 7. The van der Waals surface area contributed by atoms with Crippen molar-refractivity contribution in [2.75, 3.05) is 26.1 Å². The highest BCUT2D eigenvalue weighted by molar-refractivity contribution is 5.95. The molecule has 54 heavy (non-hydrogen) atoms. The third-order valence-electron chi connectivity index (χ3n) is 8.84. The molecule has 0 heterocycles. The van der Waals surface area contributed by atoms with Crippen LogP contribution in [0.25, 0.3) is 11.1 Å². The molecule has 0 aromatic heterocycles. The molecule has 0 bridgehead atoms. The predicted octanol–water partition coefficient (Wildman–Crippen LogP) is 2.72. The van der Waals surface area contributed by atoms with E-state index in [2.05, 4.69) is 31.3 Å². The highest BCUT2D eigenvalue weighted by Gasteiger charge is 2.30. The van der Waals surface area contributed by atoms with Gasteiger partial charge in [0.05, 0.1) is 20.6 Å². The molecule has 0 saturated carbocycles. The molecule has 15 heteroatoms. The van der Waals surface area contributed by atoms with Crippen molar-refractivity contribution in [1.82, 2.24) is 21.3 Å². The van der Waals surface area contributed by atoms with Crippen LogP contribution in [0.1, 0.15) is 56.2 Å². The Labute approximate surface area is 312 Å². The highest BCUT2D eigenvalue weighted by Crippen LogP contribution is 2.44. The number of benzene rings is 3. The number of alkyl carbamates (subject to hydrolysis) is 1. The number of rotatable bonds is 16. The van der Waals surface area contributed by atoms with E-state index in [1.54, 1.807) is 24.3 Å². The van der Waals surface area contributed by atoms with Crippen molar-refractivity contribution in [2.45, 2.75) is 70.1 Å². The zero-order chi connectivity index (χ0) is 39.4. The first kappa shape index (κ1) is 40.5. The molecule has 0 saturated heterocycles. The minimum atomic E-state index is -1.11. The second-order valence-electron chi connectivity index (χ2n) is 12.8. The average molecular weight is 744 g/mol. The largest absolute Gasteiger partial charge is 0.469 e. The number of carbonyl (C=O) groups excluding carboxylic acids is 7. The van der Waals surface area contributed by atoms with Crippen LogP contribution in [0.15, 0.2) is 72.8 Å². The van der Waals surface area contributed by atoms with Gasteiger partial charge in [0.2, 0.25) is 23.6 Å². The minimum Gasteiger partial charge on any atom is -0.469 e. The summed E-state index contributed by atoms with van der Waals surface area (Å²) < 4.78 is 14.9. The molecule has 286 valence electrons. The van der Waals surface area contributed by atoms with Gasteiger partial charge in [-0.2, -0.15) is 0 Å². The van der Waals surface area contributed by atoms with Gasteiger partial charge in [-0.1, -0.05) is 60.7 Å². The highest BCUT2D eigenvalue weighted by atomic mass is 16.5. The topological polar surface area (TPSA) is 207 Å². The Bertz CT molecular complexity index is 1820. The quantitative estimate of drug-likeness (QED) is 0.107. The van der Waals surface area contributed by atoms with Crippen LogP contribution in [0.5, 0.6) is 0 Å². The van der Waals surface area contributed by atoms with Gasteiger partial charge in [0.1, 0.15) is 30.8 Å². The Morgan fingerprint density at radius 1 is 0.630 bits per heavy atom. The third-order valence-corrected chi connectivity index (χ3v) is 8.84. The molecule has 3 aromatic carbocycles. The molecule has 1 aliphatic rings. The number of hydrogen-bond donors (Lipinski definition) is 5. The lowest BCUT2D eigenvalue weighted by Crippen LogP contribution is -2.56. The average Bonchev–Trinajstić information content (AvgIpc) is 3.49. The molecular weight excluding hydrogens is 698 g/mol. The molecule has 5 N–H and O–H groups in total. The number of nitrogens with one attached hydrogen (secondary N) is 5. The van der Waals surface area contributed by atoms with Gasteiger partial charge in [-0.25, -0.2) is 9.59 Å². The maximum absolute atomic E-state index is 13.0. The number of methoxy groups -OCH3 is 2. The lowest BCUT2D eigenvalue weighted by atomic mass is 9.98. The molecule has 0 aliphatic heterocycles. The zero-order valence-electron chi connectivity index (χ0n) is 30.7. The van der Waals surface area contributed by atoms with Crippen LogP contribution < -0.4 is 26.6 Å². The summed E-state index contributed by atoms with van der Waals surface area (Å²) in [7, 11) is 2.41. The van der Waals surface area contributed by atoms with Gasteiger partial charge in [0.25, 0.3) is 0 Å². The normalized spacial score (nSPS) is 13.7. The number of anilines is 1. The van der Waals surface area contributed by atoms with Crippen molar-refractivity contribution in [3.63, 3.8) is 0 Å². The molecule has 5 amide bonds. The molecule has 4 rings (SSSR count). The summed E-state index contributed by atoms with van der Waals surface area (Å²) in [6.45, 7) is 4.34. The maximum atomic E-state index is 13.0. The van der Waals surface area contributed by atoms with E-state index in [1.807, 2.05) is 48.5 Å². The van der Waals surface area contributed by atoms with Gasteiger partial charge >= 0.3 is 18.0 Å². The summed E-state index contributed by atoms with van der Waals surface area (Å²) in [6, 6.07) is 18.0. The van der Waals surface area contributed by atoms with E-state index >= 15 is 0 Å². The molecular formula is C39H45N5O10. The van der Waals surface area contributed by atoms with Gasteiger partial charge in [0.15, 0.2) is 0 Å². The summed E-state index contributed by atoms with van der Waals surface area (Å²) >= 11 is 0. The number of hydrogen-bond acceptors (Lipinski definition) is 10. The fraction of sp³-hybridized carbons (Fsp3) is 0.359. The second-order valence-corrected chi connectivity index (χ2v) is 12.8. The van der Waals surface area contributed by atoms with Crippen molar-refractivity contribution in [1.29, 1.82) is 0 Å². The Balaban J connectivity index is 1.22. The third kappa shape index (κ3) is 10.9. The van der Waals surface area contributed by atoms with Crippen molar-refractivity contribution < 1.29 is 47.8 Å². The molecule has 0 fully saturated rings. The van der Waals surface area contributed by atoms with Crippen LogP contribution in [0, 0.1) is 0 Å². The van der Waals surface area contributed by atoms with Crippen LogP contribution in [0.3, 0.4) is 0 Å². The maximum Gasteiger partial charge on any atom is 0.407 e. The Morgan fingerprint density at radius 2 is 1.15 bits per heavy atom. The van der Waals surface area contributed by atoms with E-state index in [9.17, 15) is 33.6 Å². The van der Waals surface area contributed by atoms with E-state index in [1.165, 1.54) is 35.0 Å². The van der Waals surface area contributed by atoms with Crippen LogP contribution in [0.2, 0.25) is 0 Å². The van der Waals surface area contributed by atoms with Crippen molar-refractivity contribution in [3.05, 3.63) is 89.5 Å². The molecule has 3 aromatic rings. The van der Waals surface area contributed by atoms with Crippen molar-refractivity contribution >= 4 is 47.3 Å². The Morgan fingerprint density at radius 3 is 1.69 bits per heavy atom. The number of esters is 2. The van der Waals surface area contributed by atoms with Crippen LogP contribution in [-0.4, -0.2) is 86.7 Å². The van der Waals surface area contributed by atoms with E-state index in [4.69, 9.17) is 9.47 Å². The van der Waals surface area contributed by atoms with Gasteiger partial charge in [0, 0.05) is 24.4 Å². The fourth-order valence-corrected chi connectivity index (χ4v) is 5.82. The smallest absolute Gasteiger partial charge is 0.407 e. The predicted molar refractivity (Wildman–Crippen MR) is 197 cm³/mol. The summed E-state index contributed by atoms with van der Waals surface area (Å²) in [5, 5.41) is 12.7. The van der Waals surface area contributed by atoms with E-state index in [-0.39, 0.29) is 37.7 Å². The second kappa shape index (κ2) is 19.0. The first-order valence-corrected chi connectivity index (χ1v) is 17.4. The van der Waals surface area contributed by atoms with E-state index < -0.39 is 59.9 Å². The number of fused-ring (bicyclic) bond motifs is 3. The molecule has 4 atom stereocenters. The molecule has 0 spiro atoms. The fourth-order valence-electron chi connectivity index (χ4n) is 5.82. The first-order chi connectivity index (χ1) is 25.8. The van der Waals surface area contributed by atoms with E-state index in [0.29, 0.717) is 11.3 Å². The first-order valence-electron chi connectivity index (χ1n) is 17.4. The summed E-state index contributed by atoms with van der Waals surface area (Å²) in [4.78, 5) is 87.3. The summed E-state index contributed by atoms with van der Waals surface area (Å²) in [6.07, 6.45) is -0.866. The lowest BCUT2D eigenvalue weighted by molar-refractivity contribution is -0.145. The van der Waals surface area contributed by atoms with Gasteiger partial charge < -0.3 is 40.8 Å². The SMILES string of the molecule is COC(=O)CCC(=O)Nc1ccc(C[C@H](NC(=O)C(C)NC(=O)C(C)NC(=O)C(C)NC(=O)OCC2c3ccccc3-c3ccccc32)C(=O)OC)cc1. The van der Waals surface area contributed by atoms with Crippen molar-refractivity contribution in [3.8, 4) is 11.1 Å². The molecule has 15 nitrogen and oxygen atoms in total. The van der Waals surface area contributed by atoms with Gasteiger partial charge in [-0.3, -0.25) is 24.0 Å². The lowest BCUT2D eigenvalue weighted by Gasteiger charge is -2.22. The minimum absolute atomic E-state index is 0.0384. The van der Waals surface area contributed by atoms with Gasteiger partial charge in [-0.05, 0) is 60.7 Å².